The third-order valence-electron chi connectivity index (χ3n) is 6.09. The molecule has 4 heterocycles. The number of allylic oxidation sites excluding steroid dienone is 1. The summed E-state index contributed by atoms with van der Waals surface area (Å²) in [5.41, 5.74) is 9.43. The van der Waals surface area contributed by atoms with Gasteiger partial charge >= 0.3 is 0 Å². The number of amidine groups is 1. The van der Waals surface area contributed by atoms with E-state index in [-0.39, 0.29) is 6.04 Å². The number of rotatable bonds is 8. The predicted molar refractivity (Wildman–Crippen MR) is 150 cm³/mol. The van der Waals surface area contributed by atoms with Gasteiger partial charge in [0.05, 0.1) is 12.2 Å². The van der Waals surface area contributed by atoms with E-state index >= 15 is 0 Å². The molecule has 2 aliphatic heterocycles. The van der Waals surface area contributed by atoms with Gasteiger partial charge in [0.1, 0.15) is 11.7 Å². The molecule has 0 aliphatic carbocycles. The first kappa shape index (κ1) is 27.1. The fraction of sp³-hybridized carbons (Fsp3) is 0.481. The molecular weight excluding hydrogens is 450 g/mol. The number of aromatic nitrogens is 4. The van der Waals surface area contributed by atoms with Crippen LogP contribution in [-0.4, -0.2) is 51.3 Å². The van der Waals surface area contributed by atoms with Gasteiger partial charge in [0.15, 0.2) is 0 Å². The van der Waals surface area contributed by atoms with Gasteiger partial charge in [-0.3, -0.25) is 4.68 Å². The van der Waals surface area contributed by atoms with Gasteiger partial charge in [0.25, 0.3) is 0 Å². The van der Waals surface area contributed by atoms with Crippen molar-refractivity contribution in [3.63, 3.8) is 0 Å². The zero-order chi connectivity index (χ0) is 26.1. The lowest BCUT2D eigenvalue weighted by Gasteiger charge is -2.23. The van der Waals surface area contributed by atoms with Crippen molar-refractivity contribution in [2.24, 2.45) is 16.6 Å². The van der Waals surface area contributed by atoms with E-state index in [9.17, 15) is 0 Å². The SMILES string of the molecule is C=CNC1=NC=C/C1=C(/C)c1cnn(C(CN)C2CCN(c3nccc(NC(C)C)n3)C2)c1.CCC. The average molecular weight is 492 g/mol. The van der Waals surface area contributed by atoms with Crippen molar-refractivity contribution in [1.82, 2.24) is 25.1 Å². The van der Waals surface area contributed by atoms with Crippen molar-refractivity contribution in [3.05, 3.63) is 60.8 Å². The Morgan fingerprint density at radius 3 is 2.81 bits per heavy atom. The van der Waals surface area contributed by atoms with Gasteiger partial charge < -0.3 is 21.3 Å². The van der Waals surface area contributed by atoms with Crippen molar-refractivity contribution in [2.45, 2.75) is 59.5 Å². The van der Waals surface area contributed by atoms with Crippen LogP contribution in [0.15, 0.2) is 60.3 Å². The molecule has 9 heteroatoms. The molecule has 0 radical (unpaired) electrons. The second-order valence-corrected chi connectivity index (χ2v) is 9.44. The third-order valence-corrected chi connectivity index (χ3v) is 6.09. The molecule has 2 aromatic rings. The van der Waals surface area contributed by atoms with Gasteiger partial charge in [-0.05, 0) is 51.1 Å². The van der Waals surface area contributed by atoms with Crippen LogP contribution in [0.25, 0.3) is 5.57 Å². The van der Waals surface area contributed by atoms with Gasteiger partial charge in [-0.25, -0.2) is 9.98 Å². The molecule has 9 nitrogen and oxygen atoms in total. The van der Waals surface area contributed by atoms with E-state index in [4.69, 9.17) is 10.7 Å². The first-order valence-electron chi connectivity index (χ1n) is 12.8. The maximum Gasteiger partial charge on any atom is 0.227 e. The number of nitrogens with one attached hydrogen (secondary N) is 2. The predicted octanol–water partition coefficient (Wildman–Crippen LogP) is 4.37. The fourth-order valence-electron chi connectivity index (χ4n) is 4.39. The Labute approximate surface area is 215 Å². The summed E-state index contributed by atoms with van der Waals surface area (Å²) in [6, 6.07) is 2.34. The van der Waals surface area contributed by atoms with Crippen LogP contribution in [0, 0.1) is 5.92 Å². The standard InChI is InChI=1S/C24H33N9.C3H8/c1-5-26-23-20(6-9-27-23)17(4)19-13-29-33(15-19)21(12-25)18-8-11-32(14-18)24-28-10-7-22(31-24)30-16(2)3;1-3-2/h5-7,9-10,13,15-16,18,21H,1,8,11-12,14,25H2,2-4H3,(H,26,27)(H,28,30,31);3H2,1-2H3/b20-17+;. The molecule has 0 bridgehead atoms. The molecule has 0 saturated carbocycles. The van der Waals surface area contributed by atoms with Gasteiger partial charge in [-0.1, -0.05) is 26.8 Å². The topological polar surface area (TPSA) is 109 Å². The molecular formula is C27H41N9. The first-order chi connectivity index (χ1) is 17.4. The summed E-state index contributed by atoms with van der Waals surface area (Å²) >= 11 is 0. The monoisotopic (exact) mass is 491 g/mol. The number of hydrogen-bond donors (Lipinski definition) is 3. The summed E-state index contributed by atoms with van der Waals surface area (Å²) in [7, 11) is 0. The minimum atomic E-state index is 0.108. The fourth-order valence-corrected chi connectivity index (χ4v) is 4.39. The molecule has 194 valence electrons. The largest absolute Gasteiger partial charge is 0.368 e. The van der Waals surface area contributed by atoms with Crippen LogP contribution in [0.2, 0.25) is 0 Å². The number of anilines is 2. The van der Waals surface area contributed by atoms with Gasteiger partial charge in [-0.15, -0.1) is 0 Å². The zero-order valence-electron chi connectivity index (χ0n) is 22.3. The second-order valence-electron chi connectivity index (χ2n) is 9.44. The Morgan fingerprint density at radius 1 is 1.33 bits per heavy atom. The molecule has 0 spiro atoms. The smallest absolute Gasteiger partial charge is 0.227 e. The highest BCUT2D eigenvalue weighted by Crippen LogP contribution is 2.31. The number of hydrogen-bond acceptors (Lipinski definition) is 8. The summed E-state index contributed by atoms with van der Waals surface area (Å²) in [5, 5.41) is 11.1. The van der Waals surface area contributed by atoms with Crippen molar-refractivity contribution < 1.29 is 0 Å². The van der Waals surface area contributed by atoms with Crippen LogP contribution in [-0.2, 0) is 0 Å². The Morgan fingerprint density at radius 2 is 2.11 bits per heavy atom. The van der Waals surface area contributed by atoms with E-state index < -0.39 is 0 Å². The van der Waals surface area contributed by atoms with Crippen LogP contribution >= 0.6 is 0 Å². The molecule has 2 atom stereocenters. The van der Waals surface area contributed by atoms with E-state index in [2.05, 4.69) is 78.0 Å². The number of nitrogens with two attached hydrogens (primary N) is 1. The highest BCUT2D eigenvalue weighted by molar-refractivity contribution is 6.09. The van der Waals surface area contributed by atoms with Crippen LogP contribution in [0.4, 0.5) is 11.8 Å². The van der Waals surface area contributed by atoms with Crippen LogP contribution < -0.4 is 21.3 Å². The second kappa shape index (κ2) is 13.0. The Bertz CT molecular complexity index is 1100. The Kier molecular flexibility index (Phi) is 9.81. The van der Waals surface area contributed by atoms with Gasteiger partial charge in [0.2, 0.25) is 5.95 Å². The quantitative estimate of drug-likeness (QED) is 0.503. The first-order valence-corrected chi connectivity index (χ1v) is 12.8. The highest BCUT2D eigenvalue weighted by Gasteiger charge is 2.32. The summed E-state index contributed by atoms with van der Waals surface area (Å²) in [4.78, 5) is 15.8. The van der Waals surface area contributed by atoms with Gasteiger partial charge in [-0.2, -0.15) is 10.1 Å². The van der Waals surface area contributed by atoms with Crippen LogP contribution in [0.3, 0.4) is 0 Å². The minimum Gasteiger partial charge on any atom is -0.368 e. The van der Waals surface area contributed by atoms with E-state index in [1.807, 2.05) is 29.2 Å². The van der Waals surface area contributed by atoms with Crippen LogP contribution in [0.5, 0.6) is 0 Å². The molecule has 2 aromatic heterocycles. The van der Waals surface area contributed by atoms with Crippen LogP contribution in [0.1, 0.15) is 59.1 Å². The summed E-state index contributed by atoms with van der Waals surface area (Å²) in [6.45, 7) is 16.5. The van der Waals surface area contributed by atoms with E-state index in [1.54, 1.807) is 12.4 Å². The van der Waals surface area contributed by atoms with Crippen molar-refractivity contribution in [1.29, 1.82) is 0 Å². The van der Waals surface area contributed by atoms with Crippen molar-refractivity contribution in [3.8, 4) is 0 Å². The van der Waals surface area contributed by atoms with Crippen molar-refractivity contribution in [2.75, 3.05) is 29.9 Å². The number of nitrogens with zero attached hydrogens (tertiary/aromatic N) is 6. The maximum atomic E-state index is 6.23. The zero-order valence-corrected chi connectivity index (χ0v) is 22.3. The summed E-state index contributed by atoms with van der Waals surface area (Å²) < 4.78 is 2.02. The average Bonchev–Trinajstić information content (AvgIpc) is 3.62. The molecule has 0 aromatic carbocycles. The molecule has 4 rings (SSSR count). The van der Waals surface area contributed by atoms with E-state index in [0.29, 0.717) is 18.5 Å². The lowest BCUT2D eigenvalue weighted by Crippen LogP contribution is -2.30. The normalized spacial score (nSPS) is 19.0. The van der Waals surface area contributed by atoms with Crippen molar-refractivity contribution >= 4 is 23.2 Å². The minimum absolute atomic E-state index is 0.108. The maximum absolute atomic E-state index is 6.23. The molecule has 0 amide bonds. The lowest BCUT2D eigenvalue weighted by molar-refractivity contribution is 0.334. The summed E-state index contributed by atoms with van der Waals surface area (Å²) in [6.07, 6.45) is 13.5. The summed E-state index contributed by atoms with van der Waals surface area (Å²) in [5.74, 6) is 2.78. The molecule has 2 unspecified atom stereocenters. The molecule has 1 fully saturated rings. The molecule has 4 N–H and O–H groups in total. The van der Waals surface area contributed by atoms with E-state index in [0.717, 1.165) is 53.8 Å². The van der Waals surface area contributed by atoms with E-state index in [1.165, 1.54) is 6.42 Å². The molecule has 2 aliphatic rings. The number of aliphatic imine (C=N–C) groups is 1. The third kappa shape index (κ3) is 6.60. The molecule has 1 saturated heterocycles. The molecule has 36 heavy (non-hydrogen) atoms. The Balaban J connectivity index is 0.00000115. The Hall–Kier alpha value is -3.46. The van der Waals surface area contributed by atoms with Gasteiger partial charge in [0, 0.05) is 61.3 Å². The highest BCUT2D eigenvalue weighted by atomic mass is 15.3. The lowest BCUT2D eigenvalue weighted by atomic mass is 9.99.